The molecule has 0 radical (unpaired) electrons. The van der Waals surface area contributed by atoms with Crippen LogP contribution < -0.4 is 0 Å². The first-order chi connectivity index (χ1) is 9.74. The molecule has 1 aromatic heterocycles. The number of nitrogens with zero attached hydrogens (tertiary/aromatic N) is 1. The third-order valence-corrected chi connectivity index (χ3v) is 4.02. The van der Waals surface area contributed by atoms with Gasteiger partial charge >= 0.3 is 5.97 Å². The van der Waals surface area contributed by atoms with Crippen LogP contribution >= 0.6 is 0 Å². The van der Waals surface area contributed by atoms with Gasteiger partial charge in [0.05, 0.1) is 6.42 Å². The molecule has 20 heavy (non-hydrogen) atoms. The molecule has 1 N–H and O–H groups in total. The Balaban J connectivity index is 1.99. The van der Waals surface area contributed by atoms with Gasteiger partial charge in [0.2, 0.25) is 0 Å². The molecule has 1 aromatic carbocycles. The quantitative estimate of drug-likeness (QED) is 0.923. The Kier molecular flexibility index (Phi) is 3.50. The average Bonchev–Trinajstić information content (AvgIpc) is 2.47. The van der Waals surface area contributed by atoms with Gasteiger partial charge in [0.15, 0.2) is 0 Å². The molecule has 1 aliphatic rings. The highest BCUT2D eigenvalue weighted by atomic mass is 16.4. The molecule has 0 aliphatic heterocycles. The largest absolute Gasteiger partial charge is 0.481 e. The highest BCUT2D eigenvalue weighted by Gasteiger charge is 2.22. The summed E-state index contributed by atoms with van der Waals surface area (Å²) in [6.45, 7) is 0. The van der Waals surface area contributed by atoms with Gasteiger partial charge in [0.25, 0.3) is 0 Å². The number of pyridine rings is 1. The van der Waals surface area contributed by atoms with Crippen molar-refractivity contribution in [1.82, 2.24) is 4.98 Å². The van der Waals surface area contributed by atoms with E-state index in [1.807, 2.05) is 12.1 Å². The van der Waals surface area contributed by atoms with E-state index >= 15 is 0 Å². The van der Waals surface area contributed by atoms with Gasteiger partial charge < -0.3 is 5.11 Å². The lowest BCUT2D eigenvalue weighted by Gasteiger charge is -2.25. The number of carboxylic acids is 1. The van der Waals surface area contributed by atoms with Crippen LogP contribution in [0.3, 0.4) is 0 Å². The van der Waals surface area contributed by atoms with Crippen molar-refractivity contribution in [3.8, 4) is 11.1 Å². The SMILES string of the molecule is O=C(O)CC1CCCc2ccc(-c3ccncc3)cc21. The lowest BCUT2D eigenvalue weighted by atomic mass is 9.80. The van der Waals surface area contributed by atoms with E-state index in [2.05, 4.69) is 23.2 Å². The summed E-state index contributed by atoms with van der Waals surface area (Å²) in [7, 11) is 0. The number of hydrogen-bond acceptors (Lipinski definition) is 2. The van der Waals surface area contributed by atoms with E-state index in [0.717, 1.165) is 30.4 Å². The van der Waals surface area contributed by atoms with Crippen molar-refractivity contribution in [2.45, 2.75) is 31.6 Å². The Labute approximate surface area is 118 Å². The fraction of sp³-hybridized carbons (Fsp3) is 0.294. The highest BCUT2D eigenvalue weighted by molar-refractivity contribution is 5.69. The fourth-order valence-corrected chi connectivity index (χ4v) is 3.04. The summed E-state index contributed by atoms with van der Waals surface area (Å²) in [5, 5.41) is 9.07. The monoisotopic (exact) mass is 267 g/mol. The standard InChI is InChI=1S/C17H17NO2/c19-17(20)11-15-3-1-2-13-4-5-14(10-16(13)15)12-6-8-18-9-7-12/h4-10,15H,1-3,11H2,(H,19,20). The Morgan fingerprint density at radius 1 is 1.20 bits per heavy atom. The maximum Gasteiger partial charge on any atom is 0.303 e. The topological polar surface area (TPSA) is 50.2 Å². The van der Waals surface area contributed by atoms with Crippen LogP contribution in [0.4, 0.5) is 0 Å². The maximum atomic E-state index is 11.0. The average molecular weight is 267 g/mol. The van der Waals surface area contributed by atoms with Gasteiger partial charge in [-0.1, -0.05) is 18.2 Å². The zero-order valence-corrected chi connectivity index (χ0v) is 11.2. The molecular formula is C17H17NO2. The molecule has 1 unspecified atom stereocenters. The molecule has 0 saturated carbocycles. The molecule has 1 aliphatic carbocycles. The van der Waals surface area contributed by atoms with Gasteiger partial charge in [-0.3, -0.25) is 9.78 Å². The van der Waals surface area contributed by atoms with E-state index in [1.54, 1.807) is 12.4 Å². The van der Waals surface area contributed by atoms with Crippen molar-refractivity contribution >= 4 is 5.97 Å². The van der Waals surface area contributed by atoms with Crippen molar-refractivity contribution < 1.29 is 9.90 Å². The molecule has 0 bridgehead atoms. The van der Waals surface area contributed by atoms with Gasteiger partial charge in [0, 0.05) is 12.4 Å². The van der Waals surface area contributed by atoms with Crippen molar-refractivity contribution in [2.24, 2.45) is 0 Å². The van der Waals surface area contributed by atoms with Crippen LogP contribution in [0.25, 0.3) is 11.1 Å². The van der Waals surface area contributed by atoms with Crippen LogP contribution in [0, 0.1) is 0 Å². The number of carboxylic acid groups (broad SMARTS) is 1. The van der Waals surface area contributed by atoms with Gasteiger partial charge in [-0.25, -0.2) is 0 Å². The van der Waals surface area contributed by atoms with Crippen LogP contribution in [0.5, 0.6) is 0 Å². The maximum absolute atomic E-state index is 11.0. The lowest BCUT2D eigenvalue weighted by Crippen LogP contribution is -2.13. The number of rotatable bonds is 3. The second kappa shape index (κ2) is 5.45. The molecule has 2 aromatic rings. The molecule has 0 spiro atoms. The smallest absolute Gasteiger partial charge is 0.303 e. The van der Waals surface area contributed by atoms with Crippen molar-refractivity contribution in [2.75, 3.05) is 0 Å². The predicted octanol–water partition coefficient (Wildman–Crippen LogP) is 3.64. The Morgan fingerprint density at radius 2 is 2.00 bits per heavy atom. The zero-order chi connectivity index (χ0) is 13.9. The van der Waals surface area contributed by atoms with E-state index < -0.39 is 5.97 Å². The van der Waals surface area contributed by atoms with Gasteiger partial charge in [-0.2, -0.15) is 0 Å². The van der Waals surface area contributed by atoms with Crippen molar-refractivity contribution in [3.05, 3.63) is 53.9 Å². The molecule has 0 fully saturated rings. The van der Waals surface area contributed by atoms with E-state index in [0.29, 0.717) is 0 Å². The van der Waals surface area contributed by atoms with Gasteiger partial charge in [-0.15, -0.1) is 0 Å². The normalized spacial score (nSPS) is 17.5. The predicted molar refractivity (Wildman–Crippen MR) is 77.6 cm³/mol. The number of carbonyl (C=O) groups is 1. The van der Waals surface area contributed by atoms with Crippen molar-refractivity contribution in [3.63, 3.8) is 0 Å². The molecule has 3 nitrogen and oxygen atoms in total. The number of aromatic nitrogens is 1. The highest BCUT2D eigenvalue weighted by Crippen LogP contribution is 2.36. The molecule has 102 valence electrons. The molecule has 1 atom stereocenters. The minimum atomic E-state index is -0.711. The van der Waals surface area contributed by atoms with Crippen LogP contribution in [0.15, 0.2) is 42.7 Å². The van der Waals surface area contributed by atoms with E-state index in [4.69, 9.17) is 5.11 Å². The zero-order valence-electron chi connectivity index (χ0n) is 11.2. The Hall–Kier alpha value is -2.16. The summed E-state index contributed by atoms with van der Waals surface area (Å²) in [6.07, 6.45) is 6.90. The van der Waals surface area contributed by atoms with E-state index in [1.165, 1.54) is 11.1 Å². The van der Waals surface area contributed by atoms with E-state index in [-0.39, 0.29) is 12.3 Å². The molecule has 0 saturated heterocycles. The molecule has 3 rings (SSSR count). The van der Waals surface area contributed by atoms with E-state index in [9.17, 15) is 4.79 Å². The van der Waals surface area contributed by atoms with Crippen LogP contribution in [-0.2, 0) is 11.2 Å². The number of aliphatic carboxylic acids is 1. The summed E-state index contributed by atoms with van der Waals surface area (Å²) < 4.78 is 0. The summed E-state index contributed by atoms with van der Waals surface area (Å²) in [5.74, 6) is -0.560. The summed E-state index contributed by atoms with van der Waals surface area (Å²) >= 11 is 0. The van der Waals surface area contributed by atoms with Crippen molar-refractivity contribution in [1.29, 1.82) is 0 Å². The molecule has 0 amide bonds. The lowest BCUT2D eigenvalue weighted by molar-refractivity contribution is -0.137. The summed E-state index contributed by atoms with van der Waals surface area (Å²) in [5.41, 5.74) is 4.79. The first-order valence-electron chi connectivity index (χ1n) is 6.99. The number of benzene rings is 1. The molecule has 3 heteroatoms. The van der Waals surface area contributed by atoms with Crippen LogP contribution in [-0.4, -0.2) is 16.1 Å². The number of hydrogen-bond donors (Lipinski definition) is 1. The molecular weight excluding hydrogens is 250 g/mol. The van der Waals surface area contributed by atoms with Crippen LogP contribution in [0.2, 0.25) is 0 Å². The number of fused-ring (bicyclic) bond motifs is 1. The Bertz CT molecular complexity index is 622. The third-order valence-electron chi connectivity index (χ3n) is 4.02. The fourth-order valence-electron chi connectivity index (χ4n) is 3.04. The second-order valence-corrected chi connectivity index (χ2v) is 5.34. The Morgan fingerprint density at radius 3 is 2.75 bits per heavy atom. The van der Waals surface area contributed by atoms with Crippen LogP contribution in [0.1, 0.15) is 36.3 Å². The first kappa shape index (κ1) is 12.9. The second-order valence-electron chi connectivity index (χ2n) is 5.34. The first-order valence-corrected chi connectivity index (χ1v) is 6.99. The van der Waals surface area contributed by atoms with Gasteiger partial charge in [0.1, 0.15) is 0 Å². The summed E-state index contributed by atoms with van der Waals surface area (Å²) in [4.78, 5) is 15.1. The minimum absolute atomic E-state index is 0.151. The number of aryl methyl sites for hydroxylation is 1. The third kappa shape index (κ3) is 2.57. The summed E-state index contributed by atoms with van der Waals surface area (Å²) in [6, 6.07) is 10.4. The van der Waals surface area contributed by atoms with Gasteiger partial charge in [-0.05, 0) is 59.6 Å². The minimum Gasteiger partial charge on any atom is -0.481 e. The molecule has 1 heterocycles.